The number of fused-ring (bicyclic) bond motifs is 1. The second kappa shape index (κ2) is 6.12. The Bertz CT molecular complexity index is 1170. The number of imide groups is 1. The van der Waals surface area contributed by atoms with E-state index >= 15 is 4.39 Å². The second-order valence-corrected chi connectivity index (χ2v) is 7.45. The second-order valence-electron chi connectivity index (χ2n) is 7.45. The molecule has 1 saturated carbocycles. The molecule has 29 heavy (non-hydrogen) atoms. The molecule has 2 amide bonds. The van der Waals surface area contributed by atoms with E-state index in [9.17, 15) is 19.1 Å². The van der Waals surface area contributed by atoms with Crippen molar-refractivity contribution in [2.75, 3.05) is 0 Å². The number of halogens is 2. The molecule has 1 unspecified atom stereocenters. The molecule has 2 heterocycles. The summed E-state index contributed by atoms with van der Waals surface area (Å²) in [6, 6.07) is 7.60. The summed E-state index contributed by atoms with van der Waals surface area (Å²) in [7, 11) is 0. The minimum Gasteiger partial charge on any atom is -0.431 e. The molecule has 8 heteroatoms. The lowest BCUT2D eigenvalue weighted by Gasteiger charge is -2.37. The molecule has 6 nitrogen and oxygen atoms in total. The lowest BCUT2D eigenvalue weighted by Crippen LogP contribution is -2.33. The highest BCUT2D eigenvalue weighted by Gasteiger charge is 2.37. The van der Waals surface area contributed by atoms with Crippen molar-refractivity contribution in [3.05, 3.63) is 59.3 Å². The van der Waals surface area contributed by atoms with Gasteiger partial charge in [0.05, 0.1) is 16.7 Å². The molecule has 2 aliphatic rings. The van der Waals surface area contributed by atoms with Gasteiger partial charge >= 0.3 is 6.09 Å². The van der Waals surface area contributed by atoms with Crippen molar-refractivity contribution in [1.82, 2.24) is 10.3 Å². The van der Waals surface area contributed by atoms with Crippen LogP contribution in [0.2, 0.25) is 0 Å². The van der Waals surface area contributed by atoms with Crippen molar-refractivity contribution >= 4 is 22.9 Å². The molecule has 2 aromatic carbocycles. The number of rotatable bonds is 3. The molecule has 1 atom stereocenters. The molecule has 0 radical (unpaired) electrons. The maximum Gasteiger partial charge on any atom is 0.415 e. The molecule has 3 aromatic rings. The van der Waals surface area contributed by atoms with E-state index in [4.69, 9.17) is 4.74 Å². The maximum atomic E-state index is 15.4. The largest absolute Gasteiger partial charge is 0.431 e. The van der Waals surface area contributed by atoms with Gasteiger partial charge in [0.1, 0.15) is 11.6 Å². The van der Waals surface area contributed by atoms with Crippen LogP contribution in [0.25, 0.3) is 22.0 Å². The number of cyclic esters (lactones) is 1. The van der Waals surface area contributed by atoms with Gasteiger partial charge in [-0.05, 0) is 36.5 Å². The summed E-state index contributed by atoms with van der Waals surface area (Å²) in [6.45, 7) is 0. The Morgan fingerprint density at radius 3 is 2.45 bits per heavy atom. The lowest BCUT2D eigenvalue weighted by atomic mass is 9.75. The highest BCUT2D eigenvalue weighted by Crippen LogP contribution is 2.42. The number of aliphatic hydroxyl groups is 1. The smallest absolute Gasteiger partial charge is 0.415 e. The number of hydrogen-bond donors (Lipinski definition) is 3. The molecule has 1 saturated heterocycles. The van der Waals surface area contributed by atoms with E-state index in [0.29, 0.717) is 24.0 Å². The van der Waals surface area contributed by atoms with Gasteiger partial charge in [0.25, 0.3) is 5.91 Å². The summed E-state index contributed by atoms with van der Waals surface area (Å²) in [6.07, 6.45) is 1.37. The van der Waals surface area contributed by atoms with Crippen LogP contribution in [-0.4, -0.2) is 22.1 Å². The van der Waals surface area contributed by atoms with Gasteiger partial charge in [-0.1, -0.05) is 24.3 Å². The van der Waals surface area contributed by atoms with Crippen molar-refractivity contribution in [1.29, 1.82) is 0 Å². The number of carbonyl (C=O) groups excluding carboxylic acids is 2. The van der Waals surface area contributed by atoms with Gasteiger partial charge < -0.3 is 14.8 Å². The zero-order chi connectivity index (χ0) is 20.3. The number of hydrogen-bond acceptors (Lipinski definition) is 4. The Morgan fingerprint density at radius 1 is 1.14 bits per heavy atom. The number of amides is 2. The van der Waals surface area contributed by atoms with Crippen molar-refractivity contribution in [3.8, 4) is 11.1 Å². The van der Waals surface area contributed by atoms with Crippen LogP contribution >= 0.6 is 0 Å². The van der Waals surface area contributed by atoms with E-state index in [1.165, 1.54) is 6.20 Å². The standard InChI is InChI=1S/C21H16F2N2O4/c22-13-8-14-16(12(9-24-14)18-19(26)25-20(27)29-18)17(23)15(13)10-2-4-11(5-3-10)21(28)6-1-7-21/h2-5,8-9,18,24,28H,1,6-7H2,(H,25,26,27). The molecule has 1 aliphatic carbocycles. The predicted molar refractivity (Wildman–Crippen MR) is 98.8 cm³/mol. The Balaban J connectivity index is 1.62. The zero-order valence-electron chi connectivity index (χ0n) is 15.1. The number of nitrogens with one attached hydrogen (secondary N) is 2. The third-order valence-corrected chi connectivity index (χ3v) is 5.75. The van der Waals surface area contributed by atoms with Crippen LogP contribution in [0.15, 0.2) is 36.5 Å². The van der Waals surface area contributed by atoms with Crippen molar-refractivity contribution in [2.24, 2.45) is 0 Å². The Hall–Kier alpha value is -3.26. The summed E-state index contributed by atoms with van der Waals surface area (Å²) in [5, 5.41) is 12.4. The molecule has 1 aliphatic heterocycles. The van der Waals surface area contributed by atoms with Crippen LogP contribution in [0.4, 0.5) is 13.6 Å². The molecule has 0 spiro atoms. The lowest BCUT2D eigenvalue weighted by molar-refractivity contribution is -0.123. The van der Waals surface area contributed by atoms with Crippen molar-refractivity contribution in [2.45, 2.75) is 31.0 Å². The minimum atomic E-state index is -1.31. The summed E-state index contributed by atoms with van der Waals surface area (Å²) >= 11 is 0. The summed E-state index contributed by atoms with van der Waals surface area (Å²) < 4.78 is 35.1. The fraction of sp³-hybridized carbons (Fsp3) is 0.238. The van der Waals surface area contributed by atoms with Gasteiger partial charge in [-0.25, -0.2) is 13.6 Å². The maximum absolute atomic E-state index is 15.4. The monoisotopic (exact) mass is 398 g/mol. The first-order valence-corrected chi connectivity index (χ1v) is 9.21. The van der Waals surface area contributed by atoms with E-state index < -0.39 is 35.3 Å². The van der Waals surface area contributed by atoms with Gasteiger partial charge in [0, 0.05) is 17.1 Å². The number of benzene rings is 2. The minimum absolute atomic E-state index is 0.0158. The van der Waals surface area contributed by atoms with E-state index in [0.717, 1.165) is 12.5 Å². The Labute approximate surface area is 163 Å². The Morgan fingerprint density at radius 2 is 1.86 bits per heavy atom. The average Bonchev–Trinajstić information content (AvgIpc) is 3.22. The zero-order valence-corrected chi connectivity index (χ0v) is 15.1. The number of alkyl carbamates (subject to hydrolysis) is 1. The highest BCUT2D eigenvalue weighted by atomic mass is 19.1. The molecule has 5 rings (SSSR count). The van der Waals surface area contributed by atoms with Gasteiger partial charge in [0.2, 0.25) is 6.10 Å². The Kier molecular flexibility index (Phi) is 3.76. The van der Waals surface area contributed by atoms with Gasteiger partial charge in [-0.3, -0.25) is 10.1 Å². The first-order chi connectivity index (χ1) is 13.9. The van der Waals surface area contributed by atoms with Crippen molar-refractivity contribution in [3.63, 3.8) is 0 Å². The van der Waals surface area contributed by atoms with Crippen LogP contribution in [0, 0.1) is 11.6 Å². The molecular formula is C21H16F2N2O4. The van der Waals surface area contributed by atoms with Crippen LogP contribution in [0.3, 0.4) is 0 Å². The fourth-order valence-corrected chi connectivity index (χ4v) is 4.02. The number of ether oxygens (including phenoxy) is 1. The number of aromatic amines is 1. The van der Waals surface area contributed by atoms with E-state index in [1.807, 2.05) is 5.32 Å². The topological polar surface area (TPSA) is 91.4 Å². The van der Waals surface area contributed by atoms with E-state index in [2.05, 4.69) is 4.98 Å². The van der Waals surface area contributed by atoms with Gasteiger partial charge in [-0.15, -0.1) is 0 Å². The van der Waals surface area contributed by atoms with Crippen LogP contribution < -0.4 is 5.32 Å². The first-order valence-electron chi connectivity index (χ1n) is 9.21. The predicted octanol–water partition coefficient (Wildman–Crippen LogP) is 3.79. The number of H-pyrrole nitrogens is 1. The third kappa shape index (κ3) is 2.63. The normalized spacial score (nSPS) is 20.4. The summed E-state index contributed by atoms with van der Waals surface area (Å²) in [5.41, 5.74) is 0.153. The fourth-order valence-electron chi connectivity index (χ4n) is 4.02. The number of aromatic nitrogens is 1. The molecule has 148 valence electrons. The SMILES string of the molecule is O=C1NC(=O)C(c2c[nH]c3cc(F)c(-c4ccc(C5(O)CCC5)cc4)c(F)c23)O1. The number of carbonyl (C=O) groups is 2. The van der Waals surface area contributed by atoms with Crippen LogP contribution in [-0.2, 0) is 15.1 Å². The van der Waals surface area contributed by atoms with E-state index in [-0.39, 0.29) is 22.0 Å². The third-order valence-electron chi connectivity index (χ3n) is 5.75. The van der Waals surface area contributed by atoms with E-state index in [1.54, 1.807) is 24.3 Å². The van der Waals surface area contributed by atoms with Crippen LogP contribution in [0.5, 0.6) is 0 Å². The molecular weight excluding hydrogens is 382 g/mol. The van der Waals surface area contributed by atoms with Gasteiger partial charge in [0.15, 0.2) is 0 Å². The quantitative estimate of drug-likeness (QED) is 0.626. The molecule has 2 fully saturated rings. The van der Waals surface area contributed by atoms with Gasteiger partial charge in [-0.2, -0.15) is 0 Å². The first kappa shape index (κ1) is 17.8. The average molecular weight is 398 g/mol. The summed E-state index contributed by atoms with van der Waals surface area (Å²) in [5.74, 6) is -2.34. The summed E-state index contributed by atoms with van der Waals surface area (Å²) in [4.78, 5) is 26.0. The van der Waals surface area contributed by atoms with Crippen LogP contribution in [0.1, 0.15) is 36.5 Å². The highest BCUT2D eigenvalue weighted by molar-refractivity contribution is 6.03. The molecule has 0 bridgehead atoms. The molecule has 1 aromatic heterocycles. The molecule has 3 N–H and O–H groups in total. The van der Waals surface area contributed by atoms with Crippen molar-refractivity contribution < 1.29 is 28.2 Å².